The highest BCUT2D eigenvalue weighted by atomic mass is 16.5. The Hall–Kier alpha value is -5.52. The van der Waals surface area contributed by atoms with Gasteiger partial charge in [0.15, 0.2) is 33.9 Å². The number of carbonyl (C=O) groups is 2. The monoisotopic (exact) mass is 710 g/mol. The Bertz CT molecular complexity index is 2140. The van der Waals surface area contributed by atoms with Gasteiger partial charge in [-0.05, 0) is 71.9 Å². The summed E-state index contributed by atoms with van der Waals surface area (Å²) in [5.74, 6) is -1.32. The lowest BCUT2D eigenvalue weighted by molar-refractivity contribution is 0.0683. The number of carboxylic acid groups (broad SMARTS) is 2. The number of aromatic carboxylic acids is 2. The first kappa shape index (κ1) is 34.9. The van der Waals surface area contributed by atoms with Gasteiger partial charge in [-0.25, -0.2) is 9.59 Å². The normalized spacial score (nSPS) is 22.3. The zero-order chi connectivity index (χ0) is 37.6. The summed E-state index contributed by atoms with van der Waals surface area (Å²) in [6.45, 7) is 8.64. The molecule has 4 aliphatic rings. The maximum Gasteiger partial charge on any atom is 0.341 e. The van der Waals surface area contributed by atoms with Gasteiger partial charge >= 0.3 is 11.9 Å². The zero-order valence-electron chi connectivity index (χ0n) is 29.9. The minimum absolute atomic E-state index is 0.0245. The fourth-order valence-corrected chi connectivity index (χ4v) is 9.41. The molecule has 0 saturated heterocycles. The summed E-state index contributed by atoms with van der Waals surface area (Å²) >= 11 is 0. The van der Waals surface area contributed by atoms with Crippen LogP contribution in [0.2, 0.25) is 0 Å². The molecule has 0 spiro atoms. The van der Waals surface area contributed by atoms with Crippen molar-refractivity contribution in [1.29, 1.82) is 0 Å². The Morgan fingerprint density at radius 3 is 1.35 bits per heavy atom. The molecule has 2 saturated carbocycles. The number of aromatic hydroxyl groups is 2. The number of fused-ring (bicyclic) bond motifs is 12. The third kappa shape index (κ3) is 5.26. The van der Waals surface area contributed by atoms with Crippen molar-refractivity contribution in [1.82, 2.24) is 9.13 Å². The van der Waals surface area contributed by atoms with Gasteiger partial charge in [0.05, 0.1) is 25.6 Å². The Kier molecular flexibility index (Phi) is 8.08. The SMILES string of the molecule is COc1cc2c(cc1O)[C@@H]1CCC(C)(C)[C@@H]1n1cc(C(=O)O)c(=O)cc1-2.COc1cc2c(cc1O)[C@H]1CCC(C)(C)[C@H]1n1cc(C(=O)O)c(=O)cc1-2. The molecule has 52 heavy (non-hydrogen) atoms. The number of hydrogen-bond donors (Lipinski definition) is 4. The van der Waals surface area contributed by atoms with Crippen molar-refractivity contribution in [2.45, 2.75) is 77.3 Å². The van der Waals surface area contributed by atoms with Crippen LogP contribution >= 0.6 is 0 Å². The molecule has 2 aromatic heterocycles. The number of benzene rings is 2. The molecule has 272 valence electrons. The van der Waals surface area contributed by atoms with Gasteiger partial charge in [-0.2, -0.15) is 0 Å². The minimum atomic E-state index is -1.22. The number of rotatable bonds is 4. The maximum absolute atomic E-state index is 12.3. The quantitative estimate of drug-likeness (QED) is 0.177. The molecule has 0 radical (unpaired) electrons. The lowest BCUT2D eigenvalue weighted by atomic mass is 9.77. The molecule has 2 aliphatic carbocycles. The summed E-state index contributed by atoms with van der Waals surface area (Å²) in [4.78, 5) is 47.7. The summed E-state index contributed by atoms with van der Waals surface area (Å²) in [6.07, 6.45) is 6.78. The van der Waals surface area contributed by atoms with Gasteiger partial charge < -0.3 is 39.0 Å². The van der Waals surface area contributed by atoms with Gasteiger partial charge in [0.1, 0.15) is 11.1 Å². The van der Waals surface area contributed by atoms with Crippen LogP contribution in [0.15, 0.2) is 58.4 Å². The number of ether oxygens (including phenoxy) is 2. The first-order valence-corrected chi connectivity index (χ1v) is 17.3. The van der Waals surface area contributed by atoms with Crippen LogP contribution in [-0.4, -0.2) is 55.7 Å². The molecular formula is C40H42N2O10. The van der Waals surface area contributed by atoms with Gasteiger partial charge in [-0.1, -0.05) is 27.7 Å². The summed E-state index contributed by atoms with van der Waals surface area (Å²) in [5, 5.41) is 39.3. The van der Waals surface area contributed by atoms with Crippen molar-refractivity contribution in [3.8, 4) is 45.5 Å². The Morgan fingerprint density at radius 2 is 1.02 bits per heavy atom. The van der Waals surface area contributed by atoms with E-state index in [2.05, 4.69) is 27.7 Å². The molecule has 2 fully saturated rings. The Labute approximate surface area is 299 Å². The maximum atomic E-state index is 12.3. The van der Waals surface area contributed by atoms with Gasteiger partial charge in [-0.15, -0.1) is 0 Å². The molecule has 0 unspecified atom stereocenters. The molecule has 8 rings (SSSR count). The number of methoxy groups -OCH3 is 2. The summed E-state index contributed by atoms with van der Waals surface area (Å²) in [6, 6.07) is 9.76. The third-order valence-corrected chi connectivity index (χ3v) is 11.8. The highest BCUT2D eigenvalue weighted by molar-refractivity contribution is 5.88. The second-order valence-corrected chi connectivity index (χ2v) is 15.7. The number of phenols is 2. The average molecular weight is 711 g/mol. The van der Waals surface area contributed by atoms with E-state index in [-0.39, 0.29) is 57.4 Å². The van der Waals surface area contributed by atoms with Crippen LogP contribution < -0.4 is 20.3 Å². The van der Waals surface area contributed by atoms with E-state index < -0.39 is 22.8 Å². The summed E-state index contributed by atoms with van der Waals surface area (Å²) < 4.78 is 14.4. The molecule has 4 atom stereocenters. The predicted octanol–water partition coefficient (Wildman–Crippen LogP) is 6.77. The molecular weight excluding hydrogens is 668 g/mol. The fraction of sp³-hybridized carbons (Fsp3) is 0.400. The molecule has 4 heterocycles. The van der Waals surface area contributed by atoms with E-state index in [1.165, 1.54) is 38.7 Å². The summed E-state index contributed by atoms with van der Waals surface area (Å²) in [7, 11) is 2.96. The highest BCUT2D eigenvalue weighted by Gasteiger charge is 2.49. The van der Waals surface area contributed by atoms with Gasteiger partial charge in [-0.3, -0.25) is 9.59 Å². The van der Waals surface area contributed by atoms with Crippen molar-refractivity contribution in [3.05, 3.63) is 91.5 Å². The van der Waals surface area contributed by atoms with Crippen LogP contribution in [0.4, 0.5) is 0 Å². The fourth-order valence-electron chi connectivity index (χ4n) is 9.41. The molecule has 12 heteroatoms. The van der Waals surface area contributed by atoms with Gasteiger partial charge in [0.2, 0.25) is 0 Å². The Balaban J connectivity index is 0.000000162. The largest absolute Gasteiger partial charge is 0.504 e. The van der Waals surface area contributed by atoms with E-state index in [4.69, 9.17) is 9.47 Å². The van der Waals surface area contributed by atoms with Gasteiger partial charge in [0.25, 0.3) is 0 Å². The molecule has 2 aromatic carbocycles. The topological polar surface area (TPSA) is 178 Å². The molecule has 2 aliphatic heterocycles. The zero-order valence-corrected chi connectivity index (χ0v) is 29.9. The predicted molar refractivity (Wildman–Crippen MR) is 192 cm³/mol. The van der Waals surface area contributed by atoms with E-state index >= 15 is 0 Å². The van der Waals surface area contributed by atoms with E-state index in [1.807, 2.05) is 9.13 Å². The van der Waals surface area contributed by atoms with Crippen LogP contribution in [0, 0.1) is 10.8 Å². The Morgan fingerprint density at radius 1 is 0.654 bits per heavy atom. The van der Waals surface area contributed by atoms with Crippen molar-refractivity contribution in [2.24, 2.45) is 10.8 Å². The number of phenolic OH excluding ortho intramolecular Hbond substituents is 2. The van der Waals surface area contributed by atoms with Gasteiger partial charge in [0, 0.05) is 59.6 Å². The van der Waals surface area contributed by atoms with Crippen LogP contribution in [0.5, 0.6) is 23.0 Å². The van der Waals surface area contributed by atoms with E-state index in [0.29, 0.717) is 22.9 Å². The average Bonchev–Trinajstić information content (AvgIpc) is 3.58. The van der Waals surface area contributed by atoms with E-state index in [1.54, 1.807) is 24.3 Å². The molecule has 4 aromatic rings. The third-order valence-electron chi connectivity index (χ3n) is 11.8. The van der Waals surface area contributed by atoms with Crippen molar-refractivity contribution in [3.63, 3.8) is 0 Å². The molecule has 0 bridgehead atoms. The minimum Gasteiger partial charge on any atom is -0.504 e. The first-order chi connectivity index (χ1) is 24.5. The van der Waals surface area contributed by atoms with Crippen molar-refractivity contribution in [2.75, 3.05) is 14.2 Å². The van der Waals surface area contributed by atoms with Crippen LogP contribution in [0.1, 0.15) is 109 Å². The number of pyridine rings is 2. The van der Waals surface area contributed by atoms with Crippen LogP contribution in [0.25, 0.3) is 22.5 Å². The lowest BCUT2D eigenvalue weighted by Gasteiger charge is -2.39. The number of carboxylic acids is 2. The number of aromatic nitrogens is 2. The first-order valence-electron chi connectivity index (χ1n) is 17.3. The number of hydrogen-bond acceptors (Lipinski definition) is 8. The van der Waals surface area contributed by atoms with Crippen molar-refractivity contribution >= 4 is 11.9 Å². The molecule has 12 nitrogen and oxygen atoms in total. The lowest BCUT2D eigenvalue weighted by Crippen LogP contribution is -2.32. The number of nitrogens with zero attached hydrogens (tertiary/aromatic N) is 2. The standard InChI is InChI=1S/2C20H21NO5/c2*1-20(2)5-4-10-11-6-16(23)17(26-3)7-12(11)14-8-15(22)13(19(24)25)9-21(14)18(10)20/h2*6-10,18,23H,4-5H2,1-3H3,(H,24,25)/t2*10-,18+/m10/s1. The van der Waals surface area contributed by atoms with E-state index in [0.717, 1.165) is 47.9 Å². The van der Waals surface area contributed by atoms with E-state index in [9.17, 15) is 39.6 Å². The van der Waals surface area contributed by atoms with Crippen LogP contribution in [-0.2, 0) is 0 Å². The summed E-state index contributed by atoms with van der Waals surface area (Å²) in [5.41, 5.74) is 3.35. The molecule has 0 amide bonds. The smallest absolute Gasteiger partial charge is 0.341 e. The molecule has 4 N–H and O–H groups in total. The van der Waals surface area contributed by atoms with Crippen molar-refractivity contribution < 1.29 is 39.5 Å². The second kappa shape index (κ2) is 12.0. The van der Waals surface area contributed by atoms with Crippen LogP contribution in [0.3, 0.4) is 0 Å². The highest BCUT2D eigenvalue weighted by Crippen LogP contribution is 2.61. The second-order valence-electron chi connectivity index (χ2n) is 15.7.